The molecule has 0 aromatic heterocycles. The molecule has 0 heterocycles. The second-order valence-corrected chi connectivity index (χ2v) is 9.99. The number of ether oxygens (including phenoxy) is 1. The van der Waals surface area contributed by atoms with Crippen LogP contribution in [0.1, 0.15) is 26.7 Å². The van der Waals surface area contributed by atoms with Gasteiger partial charge in [0.05, 0.1) is 33.8 Å². The summed E-state index contributed by atoms with van der Waals surface area (Å²) in [4.78, 5) is 11.1. The summed E-state index contributed by atoms with van der Waals surface area (Å²) in [5.41, 5.74) is -11.9. The molecule has 0 spiro atoms. The SMILES string of the molecule is C=C(C)C(=O)OCCC[N+](C)(C)CCC.O=S(=O)([N-]S(=O)(=O)C(F)(F)F)C(F)(F)F. The van der Waals surface area contributed by atoms with Gasteiger partial charge in [-0.15, -0.1) is 0 Å². The highest BCUT2D eigenvalue weighted by Crippen LogP contribution is 2.36. The van der Waals surface area contributed by atoms with Crippen molar-refractivity contribution in [2.24, 2.45) is 0 Å². The molecule has 0 aliphatic carbocycles. The van der Waals surface area contributed by atoms with Gasteiger partial charge in [0.2, 0.25) is 0 Å². The van der Waals surface area contributed by atoms with Gasteiger partial charge in [-0.3, -0.25) is 0 Å². The van der Waals surface area contributed by atoms with Crippen molar-refractivity contribution in [3.63, 3.8) is 0 Å². The van der Waals surface area contributed by atoms with Crippen LogP contribution in [-0.4, -0.2) is 72.1 Å². The van der Waals surface area contributed by atoms with Crippen molar-refractivity contribution >= 4 is 26.0 Å². The first kappa shape index (κ1) is 30.8. The molecule has 0 unspecified atom stereocenters. The lowest BCUT2D eigenvalue weighted by atomic mass is 10.3. The van der Waals surface area contributed by atoms with Crippen molar-refractivity contribution in [3.8, 4) is 0 Å². The Bertz CT molecular complexity index is 747. The van der Waals surface area contributed by atoms with E-state index in [9.17, 15) is 48.0 Å². The van der Waals surface area contributed by atoms with E-state index in [1.807, 2.05) is 0 Å². The molecule has 0 rings (SSSR count). The first-order chi connectivity index (χ1) is 13.1. The molecule has 30 heavy (non-hydrogen) atoms. The molecule has 0 bridgehead atoms. The lowest BCUT2D eigenvalue weighted by Crippen LogP contribution is -2.41. The Kier molecular flexibility index (Phi) is 11.6. The third-order valence-corrected chi connectivity index (χ3v) is 5.84. The lowest BCUT2D eigenvalue weighted by molar-refractivity contribution is -0.890. The summed E-state index contributed by atoms with van der Waals surface area (Å²) >= 11 is 0. The van der Waals surface area contributed by atoms with Crippen LogP contribution in [0.3, 0.4) is 0 Å². The molecule has 0 atom stereocenters. The maximum atomic E-state index is 11.4. The number of hydrogen-bond acceptors (Lipinski definition) is 6. The Morgan fingerprint density at radius 3 is 1.67 bits per heavy atom. The van der Waals surface area contributed by atoms with Crippen LogP contribution in [0.4, 0.5) is 26.3 Å². The van der Waals surface area contributed by atoms with Crippen LogP contribution in [0.25, 0.3) is 4.13 Å². The van der Waals surface area contributed by atoms with Gasteiger partial charge in [-0.2, -0.15) is 26.3 Å². The fraction of sp³-hybridized carbons (Fsp3) is 0.786. The summed E-state index contributed by atoms with van der Waals surface area (Å²) < 4.78 is 115. The van der Waals surface area contributed by atoms with E-state index in [0.717, 1.165) is 28.1 Å². The molecule has 0 saturated heterocycles. The van der Waals surface area contributed by atoms with Crippen molar-refractivity contribution in [1.29, 1.82) is 0 Å². The molecule has 16 heteroatoms. The van der Waals surface area contributed by atoms with Gasteiger partial charge in [-0.1, -0.05) is 13.5 Å². The van der Waals surface area contributed by atoms with Gasteiger partial charge in [0.25, 0.3) is 0 Å². The molecule has 0 saturated carbocycles. The highest BCUT2D eigenvalue weighted by atomic mass is 32.3. The number of hydrogen-bond donors (Lipinski definition) is 0. The third kappa shape index (κ3) is 11.7. The van der Waals surface area contributed by atoms with E-state index in [2.05, 4.69) is 27.6 Å². The summed E-state index contributed by atoms with van der Waals surface area (Å²) in [5, 5.41) is 0. The van der Waals surface area contributed by atoms with Gasteiger partial charge in [0, 0.05) is 12.0 Å². The monoisotopic (exact) mass is 494 g/mol. The smallest absolute Gasteiger partial charge is 0.462 e. The van der Waals surface area contributed by atoms with Gasteiger partial charge in [-0.05, 0) is 13.3 Å². The zero-order chi connectivity index (χ0) is 24.6. The average Bonchev–Trinajstić information content (AvgIpc) is 2.48. The van der Waals surface area contributed by atoms with E-state index >= 15 is 0 Å². The third-order valence-electron chi connectivity index (χ3n) is 3.10. The van der Waals surface area contributed by atoms with Gasteiger partial charge in [0.1, 0.15) is 0 Å². The average molecular weight is 494 g/mol. The Balaban J connectivity index is 0. The predicted octanol–water partition coefficient (Wildman–Crippen LogP) is 3.04. The van der Waals surface area contributed by atoms with E-state index in [1.54, 1.807) is 6.92 Å². The van der Waals surface area contributed by atoms with Crippen molar-refractivity contribution in [2.45, 2.75) is 37.7 Å². The van der Waals surface area contributed by atoms with Crippen LogP contribution < -0.4 is 0 Å². The zero-order valence-electron chi connectivity index (χ0n) is 16.7. The predicted molar refractivity (Wildman–Crippen MR) is 95.8 cm³/mol. The Labute approximate surface area is 171 Å². The number of carbonyl (C=O) groups excluding carboxylic acids is 1. The molecule has 0 fully saturated rings. The molecule has 8 nitrogen and oxygen atoms in total. The maximum absolute atomic E-state index is 11.4. The van der Waals surface area contributed by atoms with Crippen molar-refractivity contribution in [1.82, 2.24) is 0 Å². The number of esters is 1. The van der Waals surface area contributed by atoms with Crippen LogP contribution in [0.5, 0.6) is 0 Å². The second-order valence-electron chi connectivity index (χ2n) is 6.57. The number of nitrogens with zero attached hydrogens (tertiary/aromatic N) is 2. The summed E-state index contributed by atoms with van der Waals surface area (Å²) in [6.07, 6.45) is 2.09. The van der Waals surface area contributed by atoms with Crippen LogP contribution in [0.15, 0.2) is 12.2 Å². The quantitative estimate of drug-likeness (QED) is 0.160. The number of rotatable bonds is 9. The number of alkyl halides is 6. The van der Waals surface area contributed by atoms with Crippen LogP contribution in [-0.2, 0) is 29.6 Å². The summed E-state index contributed by atoms with van der Waals surface area (Å²) in [6.45, 7) is 10.1. The van der Waals surface area contributed by atoms with E-state index < -0.39 is 31.1 Å². The van der Waals surface area contributed by atoms with E-state index in [1.165, 1.54) is 6.42 Å². The Hall–Kier alpha value is -1.39. The van der Waals surface area contributed by atoms with Crippen LogP contribution in [0, 0.1) is 0 Å². The first-order valence-electron chi connectivity index (χ1n) is 8.11. The second kappa shape index (κ2) is 11.3. The minimum atomic E-state index is -6.72. The number of quaternary nitrogens is 1. The van der Waals surface area contributed by atoms with Gasteiger partial charge in [-0.25, -0.2) is 21.6 Å². The minimum absolute atomic E-state index is 0.282. The maximum Gasteiger partial charge on any atom is 0.480 e. The fourth-order valence-electron chi connectivity index (χ4n) is 1.71. The molecular formula is C14H24F6N2O6S2. The van der Waals surface area contributed by atoms with Crippen LogP contribution >= 0.6 is 0 Å². The van der Waals surface area contributed by atoms with Crippen molar-refractivity contribution < 1.29 is 57.2 Å². The Morgan fingerprint density at radius 2 is 1.37 bits per heavy atom. The zero-order valence-corrected chi connectivity index (χ0v) is 18.3. The molecule has 0 aliphatic rings. The lowest BCUT2D eigenvalue weighted by Gasteiger charge is -2.29. The normalized spacial score (nSPS) is 13.3. The van der Waals surface area contributed by atoms with E-state index in [0.29, 0.717) is 12.2 Å². The number of sulfonamides is 2. The molecule has 180 valence electrons. The van der Waals surface area contributed by atoms with E-state index in [4.69, 9.17) is 4.74 Å². The largest absolute Gasteiger partial charge is 0.480 e. The first-order valence-corrected chi connectivity index (χ1v) is 11.0. The summed E-state index contributed by atoms with van der Waals surface area (Å²) in [6, 6.07) is 0. The minimum Gasteiger partial charge on any atom is -0.462 e. The molecular weight excluding hydrogens is 470 g/mol. The van der Waals surface area contributed by atoms with Crippen molar-refractivity contribution in [3.05, 3.63) is 16.3 Å². The number of carbonyl (C=O) groups is 1. The molecule has 0 aromatic carbocycles. The molecule has 0 aromatic rings. The van der Waals surface area contributed by atoms with Gasteiger partial charge in [0.15, 0.2) is 20.0 Å². The highest BCUT2D eigenvalue weighted by molar-refractivity contribution is 8.13. The topological polar surface area (TPSA) is 109 Å². The molecule has 0 radical (unpaired) electrons. The summed E-state index contributed by atoms with van der Waals surface area (Å²) in [5.74, 6) is -0.282. The fourth-order valence-corrected chi connectivity index (χ4v) is 3.42. The molecule has 0 amide bonds. The van der Waals surface area contributed by atoms with Gasteiger partial charge >= 0.3 is 17.0 Å². The standard InChI is InChI=1S/C12H24NO2.C2F6NO4S2/c1-6-8-13(4,5)9-7-10-15-12(14)11(2)3;3-1(4,5)14(10,11)9-15(12,13)2(6,7)8/h2,6-10H2,1,3-5H3;/q+1;-1. The highest BCUT2D eigenvalue weighted by Gasteiger charge is 2.46. The van der Waals surface area contributed by atoms with E-state index in [-0.39, 0.29) is 5.97 Å². The molecule has 0 aliphatic heterocycles. The van der Waals surface area contributed by atoms with Gasteiger partial charge < -0.3 is 13.3 Å². The van der Waals surface area contributed by atoms with Crippen LogP contribution in [0.2, 0.25) is 0 Å². The number of halogens is 6. The van der Waals surface area contributed by atoms with Crippen molar-refractivity contribution in [2.75, 3.05) is 33.8 Å². The summed E-state index contributed by atoms with van der Waals surface area (Å²) in [7, 11) is -9.05. The Morgan fingerprint density at radius 1 is 0.967 bits per heavy atom. The molecule has 0 N–H and O–H groups in total.